The Morgan fingerprint density at radius 3 is 2.21 bits per heavy atom. The molecular formula is C11H10N2O6. The van der Waals surface area contributed by atoms with Crippen molar-refractivity contribution in [3.63, 3.8) is 0 Å². The fourth-order valence-electron chi connectivity index (χ4n) is 2.01. The number of amides is 4. The number of nitrogens with zero attached hydrogens (tertiary/aromatic N) is 1. The minimum atomic E-state index is -1.14. The molecule has 100 valence electrons. The van der Waals surface area contributed by atoms with Gasteiger partial charge in [0.05, 0.1) is 0 Å². The van der Waals surface area contributed by atoms with Gasteiger partial charge in [-0.25, -0.2) is 4.90 Å². The topological polar surface area (TPSA) is 121 Å². The molecule has 19 heavy (non-hydrogen) atoms. The molecule has 2 rings (SSSR count). The van der Waals surface area contributed by atoms with Gasteiger partial charge in [0, 0.05) is 24.8 Å². The van der Waals surface area contributed by atoms with Gasteiger partial charge in [-0.1, -0.05) is 0 Å². The summed E-state index contributed by atoms with van der Waals surface area (Å²) in [6, 6.07) is 0. The average Bonchev–Trinajstić information content (AvgIpc) is 2.77. The van der Waals surface area contributed by atoms with E-state index in [1.807, 2.05) is 5.32 Å². The van der Waals surface area contributed by atoms with Crippen LogP contribution >= 0.6 is 0 Å². The van der Waals surface area contributed by atoms with Crippen LogP contribution in [0.4, 0.5) is 0 Å². The van der Waals surface area contributed by atoms with Crippen LogP contribution in [0, 0.1) is 0 Å². The van der Waals surface area contributed by atoms with Gasteiger partial charge in [-0.2, -0.15) is 0 Å². The summed E-state index contributed by atoms with van der Waals surface area (Å²) >= 11 is 0. The highest BCUT2D eigenvalue weighted by molar-refractivity contribution is 6.23. The van der Waals surface area contributed by atoms with Crippen LogP contribution in [-0.4, -0.2) is 39.6 Å². The molecule has 0 radical (unpaired) electrons. The van der Waals surface area contributed by atoms with Crippen LogP contribution in [0.15, 0.2) is 11.3 Å². The number of nitrogens with one attached hydrogen (secondary N) is 1. The van der Waals surface area contributed by atoms with Crippen LogP contribution in [0.2, 0.25) is 0 Å². The molecule has 0 bridgehead atoms. The van der Waals surface area contributed by atoms with Crippen LogP contribution in [0.5, 0.6) is 0 Å². The Bertz CT molecular complexity index is 531. The molecule has 0 atom stereocenters. The molecule has 0 aromatic heterocycles. The number of aliphatic carboxylic acids is 1. The Labute approximate surface area is 107 Å². The maximum absolute atomic E-state index is 11.6. The lowest BCUT2D eigenvalue weighted by atomic mass is 10.1. The number of hydrogen-bond donors (Lipinski definition) is 2. The van der Waals surface area contributed by atoms with Crippen molar-refractivity contribution < 1.29 is 29.1 Å². The molecule has 8 heteroatoms. The van der Waals surface area contributed by atoms with Gasteiger partial charge in [-0.15, -0.1) is 0 Å². The molecule has 2 N–H and O–H groups in total. The maximum atomic E-state index is 11.6. The van der Waals surface area contributed by atoms with Crippen molar-refractivity contribution >= 4 is 29.6 Å². The molecule has 0 aliphatic carbocycles. The van der Waals surface area contributed by atoms with Crippen LogP contribution in [-0.2, 0) is 24.0 Å². The van der Waals surface area contributed by atoms with E-state index in [0.717, 1.165) is 0 Å². The van der Waals surface area contributed by atoms with E-state index < -0.39 is 29.6 Å². The predicted octanol–water partition coefficient (Wildman–Crippen LogP) is -1.09. The number of carbonyl (C=O) groups excluding carboxylic acids is 4. The molecule has 0 saturated carbocycles. The Morgan fingerprint density at radius 2 is 1.68 bits per heavy atom. The van der Waals surface area contributed by atoms with E-state index in [-0.39, 0.29) is 37.0 Å². The van der Waals surface area contributed by atoms with Crippen molar-refractivity contribution in [1.29, 1.82) is 0 Å². The first-order valence-corrected chi connectivity index (χ1v) is 5.58. The summed E-state index contributed by atoms with van der Waals surface area (Å²) in [7, 11) is 0. The van der Waals surface area contributed by atoms with Crippen LogP contribution in [0.3, 0.4) is 0 Å². The fraction of sp³-hybridized carbons (Fsp3) is 0.364. The van der Waals surface area contributed by atoms with Gasteiger partial charge in [-0.05, 0) is 6.42 Å². The molecule has 0 spiro atoms. The van der Waals surface area contributed by atoms with Gasteiger partial charge in [-0.3, -0.25) is 29.3 Å². The standard InChI is InChI=1S/C11H10N2O6/c14-6-2-3-7(15)13(6)9-5(1-4-8(16)17)10(18)12-11(9)19/h1-4H2,(H,16,17)(H,12,18,19). The molecule has 8 nitrogen and oxygen atoms in total. The zero-order valence-electron chi connectivity index (χ0n) is 9.76. The van der Waals surface area contributed by atoms with Crippen LogP contribution in [0.25, 0.3) is 0 Å². The van der Waals surface area contributed by atoms with Gasteiger partial charge >= 0.3 is 5.97 Å². The van der Waals surface area contributed by atoms with Crippen molar-refractivity contribution in [2.24, 2.45) is 0 Å². The summed E-state index contributed by atoms with van der Waals surface area (Å²) in [5.41, 5.74) is -0.449. The first-order chi connectivity index (χ1) is 8.91. The fourth-order valence-corrected chi connectivity index (χ4v) is 2.01. The van der Waals surface area contributed by atoms with Crippen molar-refractivity contribution in [2.75, 3.05) is 0 Å². The Kier molecular flexibility index (Phi) is 3.16. The van der Waals surface area contributed by atoms with Crippen molar-refractivity contribution in [3.05, 3.63) is 11.3 Å². The first kappa shape index (κ1) is 12.9. The predicted molar refractivity (Wildman–Crippen MR) is 58.1 cm³/mol. The monoisotopic (exact) mass is 266 g/mol. The van der Waals surface area contributed by atoms with Gasteiger partial charge in [0.2, 0.25) is 11.8 Å². The maximum Gasteiger partial charge on any atom is 0.303 e. The zero-order chi connectivity index (χ0) is 14.2. The minimum Gasteiger partial charge on any atom is -0.481 e. The molecule has 4 amide bonds. The number of rotatable bonds is 4. The molecular weight excluding hydrogens is 256 g/mol. The third-order valence-electron chi connectivity index (χ3n) is 2.87. The molecule has 2 aliphatic heterocycles. The van der Waals surface area contributed by atoms with Gasteiger partial charge in [0.1, 0.15) is 5.70 Å². The third kappa shape index (κ3) is 2.24. The molecule has 1 saturated heterocycles. The Hall–Kier alpha value is -2.51. The number of imide groups is 2. The van der Waals surface area contributed by atoms with E-state index in [0.29, 0.717) is 4.90 Å². The lowest BCUT2D eigenvalue weighted by Crippen LogP contribution is -2.34. The highest BCUT2D eigenvalue weighted by Gasteiger charge is 2.41. The average molecular weight is 266 g/mol. The number of carboxylic acids is 1. The quantitative estimate of drug-likeness (QED) is 0.624. The highest BCUT2D eigenvalue weighted by atomic mass is 16.4. The number of carbonyl (C=O) groups is 5. The van der Waals surface area contributed by atoms with Crippen LogP contribution in [0.1, 0.15) is 25.7 Å². The summed E-state index contributed by atoms with van der Waals surface area (Å²) in [5, 5.41) is 10.6. The van der Waals surface area contributed by atoms with Crippen molar-refractivity contribution in [1.82, 2.24) is 10.2 Å². The van der Waals surface area contributed by atoms with E-state index in [1.165, 1.54) is 0 Å². The normalized spacial score (nSPS) is 19.5. The number of hydrogen-bond acceptors (Lipinski definition) is 5. The third-order valence-corrected chi connectivity index (χ3v) is 2.87. The van der Waals surface area contributed by atoms with Gasteiger partial charge in [0.15, 0.2) is 0 Å². The van der Waals surface area contributed by atoms with Crippen molar-refractivity contribution in [2.45, 2.75) is 25.7 Å². The van der Waals surface area contributed by atoms with E-state index in [4.69, 9.17) is 5.11 Å². The molecule has 1 fully saturated rings. The first-order valence-electron chi connectivity index (χ1n) is 5.58. The summed E-state index contributed by atoms with van der Waals surface area (Å²) in [6.07, 6.45) is -0.610. The summed E-state index contributed by atoms with van der Waals surface area (Å²) in [4.78, 5) is 57.5. The Balaban J connectivity index is 2.38. The largest absolute Gasteiger partial charge is 0.481 e. The second-order valence-electron chi connectivity index (χ2n) is 4.13. The second kappa shape index (κ2) is 4.63. The highest BCUT2D eigenvalue weighted by Crippen LogP contribution is 2.26. The molecule has 0 aromatic rings. The summed E-state index contributed by atoms with van der Waals surface area (Å²) in [6.45, 7) is 0. The number of carboxylic acid groups (broad SMARTS) is 1. The van der Waals surface area contributed by atoms with E-state index in [9.17, 15) is 24.0 Å². The lowest BCUT2D eigenvalue weighted by Gasteiger charge is -2.14. The number of likely N-dealkylation sites (tertiary alicyclic amines) is 1. The minimum absolute atomic E-state index is 0.0178. The molecule has 0 aromatic carbocycles. The SMILES string of the molecule is O=C(O)CCC1=C(N2C(=O)CCC2=O)C(=O)NC1=O. The van der Waals surface area contributed by atoms with Gasteiger partial charge in [0.25, 0.3) is 11.8 Å². The Morgan fingerprint density at radius 1 is 1.11 bits per heavy atom. The summed E-state index contributed by atoms with van der Waals surface area (Å²) < 4.78 is 0. The van der Waals surface area contributed by atoms with E-state index in [2.05, 4.69) is 0 Å². The zero-order valence-corrected chi connectivity index (χ0v) is 9.76. The van der Waals surface area contributed by atoms with E-state index >= 15 is 0 Å². The van der Waals surface area contributed by atoms with Crippen LogP contribution < -0.4 is 5.32 Å². The van der Waals surface area contributed by atoms with E-state index in [1.54, 1.807) is 0 Å². The smallest absolute Gasteiger partial charge is 0.303 e. The van der Waals surface area contributed by atoms with Crippen molar-refractivity contribution in [3.8, 4) is 0 Å². The molecule has 2 aliphatic rings. The summed E-state index contributed by atoms with van der Waals surface area (Å²) in [5.74, 6) is -3.85. The lowest BCUT2D eigenvalue weighted by molar-refractivity contribution is -0.139. The second-order valence-corrected chi connectivity index (χ2v) is 4.13. The molecule has 2 heterocycles. The molecule has 0 unspecified atom stereocenters. The van der Waals surface area contributed by atoms with Gasteiger partial charge < -0.3 is 5.11 Å².